The lowest BCUT2D eigenvalue weighted by atomic mass is 9.75. The minimum absolute atomic E-state index is 0.0672. The Morgan fingerprint density at radius 2 is 1.91 bits per heavy atom. The molecule has 0 saturated heterocycles. The molecule has 2 rings (SSSR count). The summed E-state index contributed by atoms with van der Waals surface area (Å²) < 4.78 is 5.77. The van der Waals surface area contributed by atoms with Gasteiger partial charge in [0.1, 0.15) is 18.3 Å². The third-order valence-corrected chi connectivity index (χ3v) is 4.78. The van der Waals surface area contributed by atoms with E-state index in [1.54, 1.807) is 12.1 Å². The van der Waals surface area contributed by atoms with E-state index in [-0.39, 0.29) is 6.10 Å². The van der Waals surface area contributed by atoms with E-state index < -0.39 is 11.9 Å². The van der Waals surface area contributed by atoms with Gasteiger partial charge in [-0.05, 0) is 36.2 Å². The van der Waals surface area contributed by atoms with Crippen molar-refractivity contribution in [2.45, 2.75) is 52.1 Å². The number of carbonyl (C=O) groups is 2. The second kappa shape index (κ2) is 7.57. The Labute approximate surface area is 133 Å². The van der Waals surface area contributed by atoms with E-state index >= 15 is 0 Å². The largest absolute Gasteiger partial charge is 0.461 e. The van der Waals surface area contributed by atoms with E-state index in [2.05, 4.69) is 20.8 Å². The van der Waals surface area contributed by atoms with Crippen molar-refractivity contribution in [1.29, 1.82) is 0 Å². The summed E-state index contributed by atoms with van der Waals surface area (Å²) in [6.45, 7) is 6.55. The third-order valence-electron chi connectivity index (χ3n) is 4.78. The summed E-state index contributed by atoms with van der Waals surface area (Å²) in [5.41, 5.74) is 0.701. The Kier molecular flexibility index (Phi) is 5.76. The van der Waals surface area contributed by atoms with Crippen molar-refractivity contribution < 1.29 is 14.3 Å². The standard InChI is InChI=1S/C19H26O3/c1-13(2)16-10-9-14(3)11-18(16)22-19(21)17(12-20)15-7-5-4-6-8-15/h4-8,12-14,16-18H,9-11H2,1-3H3/t14-,16-,17-,18+/m1/s1. The van der Waals surface area contributed by atoms with Crippen LogP contribution >= 0.6 is 0 Å². The Morgan fingerprint density at radius 1 is 1.23 bits per heavy atom. The zero-order valence-electron chi connectivity index (χ0n) is 13.7. The molecule has 1 aromatic carbocycles. The first-order valence-electron chi connectivity index (χ1n) is 8.23. The Morgan fingerprint density at radius 3 is 2.50 bits per heavy atom. The fraction of sp³-hybridized carbons (Fsp3) is 0.579. The van der Waals surface area contributed by atoms with E-state index in [9.17, 15) is 9.59 Å². The van der Waals surface area contributed by atoms with Crippen molar-refractivity contribution in [2.24, 2.45) is 17.8 Å². The van der Waals surface area contributed by atoms with E-state index in [4.69, 9.17) is 4.74 Å². The number of hydrogen-bond acceptors (Lipinski definition) is 3. The van der Waals surface area contributed by atoms with Crippen molar-refractivity contribution >= 4 is 12.3 Å². The predicted octanol–water partition coefficient (Wildman–Crippen LogP) is 3.97. The first-order chi connectivity index (χ1) is 10.5. The molecule has 1 saturated carbocycles. The normalized spacial score (nSPS) is 26.5. The van der Waals surface area contributed by atoms with Gasteiger partial charge in [-0.15, -0.1) is 0 Å². The lowest BCUT2D eigenvalue weighted by molar-refractivity contribution is -0.158. The molecule has 0 heterocycles. The molecule has 3 nitrogen and oxygen atoms in total. The van der Waals surface area contributed by atoms with Crippen molar-refractivity contribution in [2.75, 3.05) is 0 Å². The average molecular weight is 302 g/mol. The Balaban J connectivity index is 2.09. The quantitative estimate of drug-likeness (QED) is 0.469. The molecular weight excluding hydrogens is 276 g/mol. The SMILES string of the molecule is CC(C)[C@H]1CC[C@@H](C)C[C@@H]1OC(=O)[C@H](C=O)c1ccccc1. The Hall–Kier alpha value is -1.64. The molecule has 0 bridgehead atoms. The maximum absolute atomic E-state index is 12.5. The van der Waals surface area contributed by atoms with E-state index in [1.165, 1.54) is 6.42 Å². The van der Waals surface area contributed by atoms with Crippen LogP contribution in [0.5, 0.6) is 0 Å². The zero-order chi connectivity index (χ0) is 16.1. The van der Waals surface area contributed by atoms with Crippen LogP contribution in [0, 0.1) is 17.8 Å². The number of carbonyl (C=O) groups excluding carboxylic acids is 2. The summed E-state index contributed by atoms with van der Waals surface area (Å²) in [4.78, 5) is 23.8. The smallest absolute Gasteiger partial charge is 0.320 e. The highest BCUT2D eigenvalue weighted by molar-refractivity contribution is 5.94. The summed E-state index contributed by atoms with van der Waals surface area (Å²) >= 11 is 0. The third kappa shape index (κ3) is 3.96. The van der Waals surface area contributed by atoms with E-state index in [1.807, 2.05) is 18.2 Å². The maximum atomic E-state index is 12.5. The second-order valence-electron chi connectivity index (χ2n) is 6.83. The van der Waals surface area contributed by atoms with Gasteiger partial charge in [0.25, 0.3) is 0 Å². The van der Waals surface area contributed by atoms with Gasteiger partial charge in [-0.1, -0.05) is 57.5 Å². The van der Waals surface area contributed by atoms with Gasteiger partial charge < -0.3 is 9.53 Å². The molecule has 0 aromatic heterocycles. The number of rotatable bonds is 5. The van der Waals surface area contributed by atoms with Crippen LogP contribution in [-0.4, -0.2) is 18.4 Å². The highest BCUT2D eigenvalue weighted by atomic mass is 16.5. The molecule has 0 amide bonds. The molecular formula is C19H26O3. The van der Waals surface area contributed by atoms with Gasteiger partial charge >= 0.3 is 5.97 Å². The number of esters is 1. The average Bonchev–Trinajstić information content (AvgIpc) is 2.48. The molecule has 3 heteroatoms. The fourth-order valence-corrected chi connectivity index (χ4v) is 3.40. The van der Waals surface area contributed by atoms with Crippen LogP contribution in [-0.2, 0) is 14.3 Å². The molecule has 4 atom stereocenters. The van der Waals surface area contributed by atoms with Crippen LogP contribution in [0.25, 0.3) is 0 Å². The van der Waals surface area contributed by atoms with E-state index in [0.29, 0.717) is 29.6 Å². The van der Waals surface area contributed by atoms with Crippen LogP contribution in [0.3, 0.4) is 0 Å². The second-order valence-corrected chi connectivity index (χ2v) is 6.83. The molecule has 1 aromatic rings. The summed E-state index contributed by atoms with van der Waals surface area (Å²) in [6.07, 6.45) is 3.80. The number of aldehydes is 1. The van der Waals surface area contributed by atoms with Crippen LogP contribution in [0.15, 0.2) is 30.3 Å². The van der Waals surface area contributed by atoms with Gasteiger partial charge in [0.05, 0.1) is 0 Å². The summed E-state index contributed by atoms with van der Waals surface area (Å²) in [7, 11) is 0. The van der Waals surface area contributed by atoms with Crippen LogP contribution in [0.1, 0.15) is 51.5 Å². The van der Waals surface area contributed by atoms with Gasteiger partial charge in [0.15, 0.2) is 0 Å². The van der Waals surface area contributed by atoms with Crippen molar-refractivity contribution in [1.82, 2.24) is 0 Å². The molecule has 120 valence electrons. The predicted molar refractivity (Wildman–Crippen MR) is 86.5 cm³/mol. The summed E-state index contributed by atoms with van der Waals surface area (Å²) in [5, 5.41) is 0. The van der Waals surface area contributed by atoms with Gasteiger partial charge in [-0.25, -0.2) is 0 Å². The molecule has 0 radical (unpaired) electrons. The highest BCUT2D eigenvalue weighted by Crippen LogP contribution is 2.36. The van der Waals surface area contributed by atoms with Crippen molar-refractivity contribution in [3.05, 3.63) is 35.9 Å². The molecule has 0 N–H and O–H groups in total. The minimum atomic E-state index is -0.814. The monoisotopic (exact) mass is 302 g/mol. The van der Waals surface area contributed by atoms with Gasteiger partial charge in [0, 0.05) is 0 Å². The number of benzene rings is 1. The molecule has 0 unspecified atom stereocenters. The topological polar surface area (TPSA) is 43.4 Å². The maximum Gasteiger partial charge on any atom is 0.320 e. The molecule has 1 aliphatic carbocycles. The fourth-order valence-electron chi connectivity index (χ4n) is 3.40. The Bertz CT molecular complexity index is 495. The molecule has 0 aliphatic heterocycles. The van der Waals surface area contributed by atoms with Gasteiger partial charge in [-0.2, -0.15) is 0 Å². The lowest BCUT2D eigenvalue weighted by Gasteiger charge is -2.37. The van der Waals surface area contributed by atoms with Crippen molar-refractivity contribution in [3.63, 3.8) is 0 Å². The summed E-state index contributed by atoms with van der Waals surface area (Å²) in [5.74, 6) is 0.219. The molecule has 1 aliphatic rings. The van der Waals surface area contributed by atoms with E-state index in [0.717, 1.165) is 12.8 Å². The number of ether oxygens (including phenoxy) is 1. The number of hydrogen-bond donors (Lipinski definition) is 0. The van der Waals surface area contributed by atoms with Crippen LogP contribution in [0.4, 0.5) is 0 Å². The first kappa shape index (κ1) is 16.7. The van der Waals surface area contributed by atoms with Gasteiger partial charge in [0.2, 0.25) is 0 Å². The zero-order valence-corrected chi connectivity index (χ0v) is 13.7. The molecule has 1 fully saturated rings. The first-order valence-corrected chi connectivity index (χ1v) is 8.23. The van der Waals surface area contributed by atoms with Crippen LogP contribution in [0.2, 0.25) is 0 Å². The molecule has 0 spiro atoms. The lowest BCUT2D eigenvalue weighted by Crippen LogP contribution is -2.37. The minimum Gasteiger partial charge on any atom is -0.461 e. The highest BCUT2D eigenvalue weighted by Gasteiger charge is 2.35. The van der Waals surface area contributed by atoms with Crippen LogP contribution < -0.4 is 0 Å². The summed E-state index contributed by atoms with van der Waals surface area (Å²) in [6, 6.07) is 9.12. The molecule has 22 heavy (non-hydrogen) atoms. The van der Waals surface area contributed by atoms with Gasteiger partial charge in [-0.3, -0.25) is 4.79 Å². The van der Waals surface area contributed by atoms with Crippen molar-refractivity contribution in [3.8, 4) is 0 Å².